The van der Waals surface area contributed by atoms with Crippen molar-refractivity contribution in [2.45, 2.75) is 0 Å². The van der Waals surface area contributed by atoms with Crippen LogP contribution in [0.1, 0.15) is 5.56 Å². The van der Waals surface area contributed by atoms with E-state index >= 15 is 0 Å². The van der Waals surface area contributed by atoms with Crippen molar-refractivity contribution in [3.05, 3.63) is 57.5 Å². The number of ether oxygens (including phenoxy) is 1. The van der Waals surface area contributed by atoms with Gasteiger partial charge in [-0.3, -0.25) is 4.79 Å². The van der Waals surface area contributed by atoms with Gasteiger partial charge in [-0.25, -0.2) is 0 Å². The Balaban J connectivity index is 1.91. The minimum Gasteiger partial charge on any atom is -0.484 e. The predicted molar refractivity (Wildman–Crippen MR) is 84.4 cm³/mol. The fraction of sp³-hybridized carbons (Fsp3) is 0.0667. The molecule has 106 valence electrons. The lowest BCUT2D eigenvalue weighted by molar-refractivity contribution is -0.118. The second-order valence-electron chi connectivity index (χ2n) is 4.10. The maximum Gasteiger partial charge on any atom is 0.262 e. The molecule has 0 aromatic heterocycles. The van der Waals surface area contributed by atoms with Crippen molar-refractivity contribution in [3.8, 4) is 11.8 Å². The van der Waals surface area contributed by atoms with E-state index in [9.17, 15) is 4.79 Å². The molecular weight excluding hydrogens is 356 g/mol. The minimum atomic E-state index is -0.316. The Morgan fingerprint density at radius 3 is 2.62 bits per heavy atom. The van der Waals surface area contributed by atoms with Crippen molar-refractivity contribution in [2.24, 2.45) is 0 Å². The van der Waals surface area contributed by atoms with Crippen molar-refractivity contribution in [1.82, 2.24) is 0 Å². The Morgan fingerprint density at radius 2 is 2.00 bits per heavy atom. The van der Waals surface area contributed by atoms with Crippen LogP contribution in [0.5, 0.6) is 5.75 Å². The van der Waals surface area contributed by atoms with E-state index in [4.69, 9.17) is 21.6 Å². The van der Waals surface area contributed by atoms with Gasteiger partial charge in [0.15, 0.2) is 6.61 Å². The minimum absolute atomic E-state index is 0.141. The van der Waals surface area contributed by atoms with E-state index in [1.807, 2.05) is 6.07 Å². The number of nitriles is 1. The molecule has 0 unspecified atom stereocenters. The summed E-state index contributed by atoms with van der Waals surface area (Å²) in [5.74, 6) is 0.203. The summed E-state index contributed by atoms with van der Waals surface area (Å²) in [6.45, 7) is -0.141. The highest BCUT2D eigenvalue weighted by atomic mass is 79.9. The molecule has 0 aliphatic heterocycles. The molecule has 2 aromatic carbocycles. The SMILES string of the molecule is N#Cc1ccc(OCC(=O)Nc2ccc(Br)cc2Cl)cc1. The van der Waals surface area contributed by atoms with Crippen molar-refractivity contribution in [1.29, 1.82) is 5.26 Å². The fourth-order valence-corrected chi connectivity index (χ4v) is 2.27. The maximum absolute atomic E-state index is 11.8. The normalized spacial score (nSPS) is 9.76. The van der Waals surface area contributed by atoms with Crippen molar-refractivity contribution < 1.29 is 9.53 Å². The number of carbonyl (C=O) groups excluding carboxylic acids is 1. The van der Waals surface area contributed by atoms with Gasteiger partial charge in [-0.1, -0.05) is 27.5 Å². The van der Waals surface area contributed by atoms with Gasteiger partial charge in [0, 0.05) is 4.47 Å². The Morgan fingerprint density at radius 1 is 1.29 bits per heavy atom. The average Bonchev–Trinajstić information content (AvgIpc) is 2.48. The Bertz CT molecular complexity index is 696. The summed E-state index contributed by atoms with van der Waals surface area (Å²) in [6, 6.07) is 13.7. The molecule has 6 heteroatoms. The number of halogens is 2. The molecule has 0 saturated heterocycles. The first-order valence-corrected chi connectivity index (χ1v) is 7.13. The van der Waals surface area contributed by atoms with Crippen molar-refractivity contribution >= 4 is 39.1 Å². The van der Waals surface area contributed by atoms with E-state index in [2.05, 4.69) is 21.2 Å². The van der Waals surface area contributed by atoms with Crippen molar-refractivity contribution in [3.63, 3.8) is 0 Å². The number of rotatable bonds is 4. The summed E-state index contributed by atoms with van der Waals surface area (Å²) in [7, 11) is 0. The zero-order chi connectivity index (χ0) is 15.2. The maximum atomic E-state index is 11.8. The van der Waals surface area contributed by atoms with Gasteiger partial charge >= 0.3 is 0 Å². The van der Waals surface area contributed by atoms with Crippen LogP contribution in [0, 0.1) is 11.3 Å². The summed E-state index contributed by atoms with van der Waals surface area (Å²) in [5, 5.41) is 11.8. The van der Waals surface area contributed by atoms with Gasteiger partial charge in [-0.05, 0) is 42.5 Å². The predicted octanol–water partition coefficient (Wildman–Crippen LogP) is 3.99. The monoisotopic (exact) mass is 364 g/mol. The zero-order valence-corrected chi connectivity index (χ0v) is 13.1. The molecule has 0 saturated carbocycles. The molecule has 1 amide bonds. The van der Waals surface area contributed by atoms with Gasteiger partial charge in [0.1, 0.15) is 5.75 Å². The van der Waals surface area contributed by atoms with Gasteiger partial charge in [-0.15, -0.1) is 0 Å². The highest BCUT2D eigenvalue weighted by Crippen LogP contribution is 2.25. The van der Waals surface area contributed by atoms with Gasteiger partial charge in [0.05, 0.1) is 22.3 Å². The second-order valence-corrected chi connectivity index (χ2v) is 5.42. The van der Waals surface area contributed by atoms with Gasteiger partial charge < -0.3 is 10.1 Å². The molecule has 0 atom stereocenters. The van der Waals surface area contributed by atoms with Crippen LogP contribution >= 0.6 is 27.5 Å². The third kappa shape index (κ3) is 4.48. The van der Waals surface area contributed by atoms with E-state index in [1.54, 1.807) is 42.5 Å². The summed E-state index contributed by atoms with van der Waals surface area (Å²) in [6.07, 6.45) is 0. The number of hydrogen-bond donors (Lipinski definition) is 1. The molecule has 2 aromatic rings. The molecular formula is C15H10BrClN2O2. The number of benzene rings is 2. The van der Waals surface area contributed by atoms with Crippen LogP contribution in [-0.4, -0.2) is 12.5 Å². The first-order chi connectivity index (χ1) is 10.1. The lowest BCUT2D eigenvalue weighted by Gasteiger charge is -2.09. The first-order valence-electron chi connectivity index (χ1n) is 5.96. The molecule has 0 aliphatic carbocycles. The third-order valence-corrected chi connectivity index (χ3v) is 3.36. The molecule has 0 aliphatic rings. The van der Waals surface area contributed by atoms with E-state index < -0.39 is 0 Å². The average molecular weight is 366 g/mol. The number of nitrogens with one attached hydrogen (secondary N) is 1. The van der Waals surface area contributed by atoms with Crippen LogP contribution in [0.15, 0.2) is 46.9 Å². The van der Waals surface area contributed by atoms with E-state index in [0.717, 1.165) is 4.47 Å². The zero-order valence-electron chi connectivity index (χ0n) is 10.8. The standard InChI is InChI=1S/C15H10BrClN2O2/c16-11-3-6-14(13(17)7-11)19-15(20)9-21-12-4-1-10(8-18)2-5-12/h1-7H,9H2,(H,19,20). The molecule has 2 rings (SSSR count). The van der Waals surface area contributed by atoms with E-state index in [1.165, 1.54) is 0 Å². The third-order valence-electron chi connectivity index (χ3n) is 2.56. The first kappa shape index (κ1) is 15.4. The second kappa shape index (κ2) is 7.11. The van der Waals surface area contributed by atoms with Gasteiger partial charge in [-0.2, -0.15) is 5.26 Å². The highest BCUT2D eigenvalue weighted by Gasteiger charge is 2.07. The lowest BCUT2D eigenvalue weighted by atomic mass is 10.2. The summed E-state index contributed by atoms with van der Waals surface area (Å²) in [4.78, 5) is 11.8. The topological polar surface area (TPSA) is 62.1 Å². The van der Waals surface area contributed by atoms with Crippen LogP contribution in [0.3, 0.4) is 0 Å². The Hall–Kier alpha value is -2.03. The van der Waals surface area contributed by atoms with Gasteiger partial charge in [0.25, 0.3) is 5.91 Å². The molecule has 1 N–H and O–H groups in total. The highest BCUT2D eigenvalue weighted by molar-refractivity contribution is 9.10. The van der Waals surface area contributed by atoms with E-state index in [0.29, 0.717) is 22.0 Å². The van der Waals surface area contributed by atoms with Crippen LogP contribution < -0.4 is 10.1 Å². The summed E-state index contributed by atoms with van der Waals surface area (Å²) >= 11 is 9.30. The number of carbonyl (C=O) groups is 1. The number of anilines is 1. The molecule has 0 fully saturated rings. The smallest absolute Gasteiger partial charge is 0.262 e. The molecule has 4 nitrogen and oxygen atoms in total. The van der Waals surface area contributed by atoms with Crippen molar-refractivity contribution in [2.75, 3.05) is 11.9 Å². The number of amides is 1. The quantitative estimate of drug-likeness (QED) is 0.891. The lowest BCUT2D eigenvalue weighted by Crippen LogP contribution is -2.20. The molecule has 0 spiro atoms. The Kier molecular flexibility index (Phi) is 5.20. The van der Waals surface area contributed by atoms with Crippen LogP contribution in [0.4, 0.5) is 5.69 Å². The molecule has 0 radical (unpaired) electrons. The number of nitrogens with zero attached hydrogens (tertiary/aromatic N) is 1. The van der Waals surface area contributed by atoms with Crippen LogP contribution in [0.2, 0.25) is 5.02 Å². The molecule has 21 heavy (non-hydrogen) atoms. The van der Waals surface area contributed by atoms with Crippen LogP contribution in [-0.2, 0) is 4.79 Å². The van der Waals surface area contributed by atoms with E-state index in [-0.39, 0.29) is 12.5 Å². The van der Waals surface area contributed by atoms with Crippen LogP contribution in [0.25, 0.3) is 0 Å². The van der Waals surface area contributed by atoms with Gasteiger partial charge in [0.2, 0.25) is 0 Å². The molecule has 0 heterocycles. The largest absolute Gasteiger partial charge is 0.484 e. The summed E-state index contributed by atoms with van der Waals surface area (Å²) < 4.78 is 6.16. The Labute approximate surface area is 135 Å². The fourth-order valence-electron chi connectivity index (χ4n) is 1.55. The summed E-state index contributed by atoms with van der Waals surface area (Å²) in [5.41, 5.74) is 1.06. The molecule has 0 bridgehead atoms. The number of hydrogen-bond acceptors (Lipinski definition) is 3.